The summed E-state index contributed by atoms with van der Waals surface area (Å²) >= 11 is 0. The van der Waals surface area contributed by atoms with Gasteiger partial charge in [-0.2, -0.15) is 0 Å². The number of hydrogen-bond acceptors (Lipinski definition) is 5. The highest BCUT2D eigenvalue weighted by Crippen LogP contribution is 2.18. The van der Waals surface area contributed by atoms with E-state index in [0.717, 1.165) is 5.69 Å². The lowest BCUT2D eigenvalue weighted by Gasteiger charge is -2.28. The monoisotopic (exact) mass is 256 g/mol. The summed E-state index contributed by atoms with van der Waals surface area (Å²) in [6.45, 7) is 2.69. The number of aliphatic hydroxyl groups is 1. The summed E-state index contributed by atoms with van der Waals surface area (Å²) in [5, 5.41) is 9.34. The van der Waals surface area contributed by atoms with E-state index in [0.29, 0.717) is 18.8 Å². The van der Waals surface area contributed by atoms with Crippen LogP contribution < -0.4 is 4.90 Å². The number of nitrogens with zero attached hydrogens (tertiary/aromatic N) is 2. The van der Waals surface area contributed by atoms with Crippen molar-refractivity contribution in [2.24, 2.45) is 0 Å². The van der Waals surface area contributed by atoms with Crippen LogP contribution in [0, 0.1) is 0 Å². The first-order valence-electron chi connectivity index (χ1n) is 5.57. The highest BCUT2D eigenvalue weighted by Gasteiger charge is 2.21. The van der Waals surface area contributed by atoms with E-state index in [4.69, 9.17) is 0 Å². The normalized spacial score (nSPS) is 21.2. The third kappa shape index (κ3) is 2.95. The topological polar surface area (TPSA) is 70.5 Å². The predicted octanol–water partition coefficient (Wildman–Crippen LogP) is 0.370. The highest BCUT2D eigenvalue weighted by atomic mass is 32.2. The molecule has 1 N–H and O–H groups in total. The molecule has 1 saturated heterocycles. The van der Waals surface area contributed by atoms with Crippen LogP contribution in [0.25, 0.3) is 0 Å². The molecular formula is C11H16N2O3S. The fourth-order valence-corrected chi connectivity index (χ4v) is 3.00. The van der Waals surface area contributed by atoms with E-state index in [2.05, 4.69) is 4.98 Å². The zero-order valence-corrected chi connectivity index (χ0v) is 10.5. The molecule has 1 atom stereocenters. The standard InChI is InChI=1S/C11H16N2O3S/c1-9(14)11-3-2-10(8-12-11)13-4-6-17(15,16)7-5-13/h2-3,8-9,14H,4-7H2,1H3. The van der Waals surface area contributed by atoms with Gasteiger partial charge in [0.25, 0.3) is 0 Å². The van der Waals surface area contributed by atoms with E-state index < -0.39 is 15.9 Å². The number of aliphatic hydroxyl groups excluding tert-OH is 1. The van der Waals surface area contributed by atoms with Gasteiger partial charge in [0.1, 0.15) is 0 Å². The van der Waals surface area contributed by atoms with E-state index in [1.807, 2.05) is 11.0 Å². The van der Waals surface area contributed by atoms with Crippen molar-refractivity contribution in [2.45, 2.75) is 13.0 Å². The third-order valence-corrected chi connectivity index (χ3v) is 4.52. The number of rotatable bonds is 2. The third-order valence-electron chi connectivity index (χ3n) is 2.91. The Balaban J connectivity index is 2.09. The average molecular weight is 256 g/mol. The Hall–Kier alpha value is -1.14. The molecule has 0 spiro atoms. The zero-order chi connectivity index (χ0) is 12.5. The summed E-state index contributed by atoms with van der Waals surface area (Å²) < 4.78 is 22.6. The highest BCUT2D eigenvalue weighted by molar-refractivity contribution is 7.91. The molecule has 0 bridgehead atoms. The molecule has 0 aliphatic carbocycles. The molecule has 0 amide bonds. The van der Waals surface area contributed by atoms with E-state index >= 15 is 0 Å². The van der Waals surface area contributed by atoms with Gasteiger partial charge in [-0.05, 0) is 19.1 Å². The first-order chi connectivity index (χ1) is 7.98. The first kappa shape index (κ1) is 12.3. The number of sulfone groups is 1. The van der Waals surface area contributed by atoms with E-state index in [1.165, 1.54) is 0 Å². The average Bonchev–Trinajstić information content (AvgIpc) is 2.29. The second-order valence-corrected chi connectivity index (χ2v) is 6.56. The van der Waals surface area contributed by atoms with Gasteiger partial charge in [0.15, 0.2) is 9.84 Å². The van der Waals surface area contributed by atoms with Crippen molar-refractivity contribution in [1.82, 2.24) is 4.98 Å². The second-order valence-electron chi connectivity index (χ2n) is 4.26. The Labute approximate surface area is 101 Å². The molecule has 0 saturated carbocycles. The van der Waals surface area contributed by atoms with Gasteiger partial charge in [-0.3, -0.25) is 4.98 Å². The molecule has 1 aliphatic heterocycles. The van der Waals surface area contributed by atoms with Gasteiger partial charge in [0, 0.05) is 13.1 Å². The summed E-state index contributed by atoms with van der Waals surface area (Å²) in [7, 11) is -2.85. The quantitative estimate of drug-likeness (QED) is 0.828. The summed E-state index contributed by atoms with van der Waals surface area (Å²) in [6, 6.07) is 3.64. The lowest BCUT2D eigenvalue weighted by Crippen LogP contribution is -2.40. The van der Waals surface area contributed by atoms with Gasteiger partial charge in [-0.15, -0.1) is 0 Å². The van der Waals surface area contributed by atoms with Crippen LogP contribution in [0.3, 0.4) is 0 Å². The Morgan fingerprint density at radius 2 is 2.00 bits per heavy atom. The molecule has 1 fully saturated rings. The molecular weight excluding hydrogens is 240 g/mol. The minimum atomic E-state index is -2.85. The molecule has 17 heavy (non-hydrogen) atoms. The molecule has 94 valence electrons. The van der Waals surface area contributed by atoms with Crippen LogP contribution in [0.4, 0.5) is 5.69 Å². The molecule has 0 radical (unpaired) electrons. The maximum atomic E-state index is 11.3. The summed E-state index contributed by atoms with van der Waals surface area (Å²) in [5.74, 6) is 0.399. The van der Waals surface area contributed by atoms with Crippen LogP contribution >= 0.6 is 0 Å². The lowest BCUT2D eigenvalue weighted by atomic mass is 10.2. The van der Waals surface area contributed by atoms with Gasteiger partial charge >= 0.3 is 0 Å². The molecule has 0 aromatic carbocycles. The molecule has 5 nitrogen and oxygen atoms in total. The Morgan fingerprint density at radius 3 is 2.47 bits per heavy atom. The SMILES string of the molecule is CC(O)c1ccc(N2CCS(=O)(=O)CC2)cn1. The lowest BCUT2D eigenvalue weighted by molar-refractivity contribution is 0.194. The van der Waals surface area contributed by atoms with Crippen molar-refractivity contribution >= 4 is 15.5 Å². The van der Waals surface area contributed by atoms with E-state index in [1.54, 1.807) is 19.2 Å². The van der Waals surface area contributed by atoms with Gasteiger partial charge < -0.3 is 10.0 Å². The number of pyridine rings is 1. The molecule has 1 aromatic heterocycles. The Morgan fingerprint density at radius 1 is 1.35 bits per heavy atom. The smallest absolute Gasteiger partial charge is 0.153 e. The van der Waals surface area contributed by atoms with Crippen molar-refractivity contribution in [3.8, 4) is 0 Å². The van der Waals surface area contributed by atoms with Crippen molar-refractivity contribution in [3.05, 3.63) is 24.0 Å². The van der Waals surface area contributed by atoms with Crippen molar-refractivity contribution in [1.29, 1.82) is 0 Å². The first-order valence-corrected chi connectivity index (χ1v) is 7.39. The second kappa shape index (κ2) is 4.62. The van der Waals surface area contributed by atoms with Crippen molar-refractivity contribution < 1.29 is 13.5 Å². The van der Waals surface area contributed by atoms with E-state index in [9.17, 15) is 13.5 Å². The maximum Gasteiger partial charge on any atom is 0.153 e. The fourth-order valence-electron chi connectivity index (χ4n) is 1.80. The molecule has 1 aliphatic rings. The van der Waals surface area contributed by atoms with Gasteiger partial charge in [0.05, 0.1) is 35.2 Å². The summed E-state index contributed by atoms with van der Waals surface area (Å²) in [6.07, 6.45) is 1.10. The fraction of sp³-hybridized carbons (Fsp3) is 0.545. The van der Waals surface area contributed by atoms with Gasteiger partial charge in [-0.1, -0.05) is 0 Å². The van der Waals surface area contributed by atoms with Crippen LogP contribution in [0.1, 0.15) is 18.7 Å². The molecule has 6 heteroatoms. The molecule has 2 heterocycles. The van der Waals surface area contributed by atoms with Crippen LogP contribution in [-0.2, 0) is 9.84 Å². The van der Waals surface area contributed by atoms with Gasteiger partial charge in [-0.25, -0.2) is 8.42 Å². The zero-order valence-electron chi connectivity index (χ0n) is 9.70. The molecule has 1 aromatic rings. The molecule has 1 unspecified atom stereocenters. The summed E-state index contributed by atoms with van der Waals surface area (Å²) in [4.78, 5) is 6.15. The van der Waals surface area contributed by atoms with Crippen molar-refractivity contribution in [3.63, 3.8) is 0 Å². The van der Waals surface area contributed by atoms with Crippen molar-refractivity contribution in [2.75, 3.05) is 29.5 Å². The van der Waals surface area contributed by atoms with Gasteiger partial charge in [0.2, 0.25) is 0 Å². The minimum Gasteiger partial charge on any atom is -0.387 e. The molecule has 2 rings (SSSR count). The van der Waals surface area contributed by atoms with Crippen LogP contribution in [0.15, 0.2) is 18.3 Å². The maximum absolute atomic E-state index is 11.3. The predicted molar refractivity (Wildman–Crippen MR) is 65.7 cm³/mol. The Kier molecular flexibility index (Phi) is 3.35. The van der Waals surface area contributed by atoms with E-state index in [-0.39, 0.29) is 11.5 Å². The van der Waals surface area contributed by atoms with Crippen LogP contribution in [0.2, 0.25) is 0 Å². The van der Waals surface area contributed by atoms with Crippen LogP contribution in [0.5, 0.6) is 0 Å². The van der Waals surface area contributed by atoms with Crippen LogP contribution in [-0.4, -0.2) is 43.1 Å². The summed E-state index contributed by atoms with van der Waals surface area (Å²) in [5.41, 5.74) is 1.53. The number of anilines is 1. The largest absolute Gasteiger partial charge is 0.387 e. The number of hydrogen-bond donors (Lipinski definition) is 1. The minimum absolute atomic E-state index is 0.200. The Bertz CT molecular complexity index is 468. The number of aromatic nitrogens is 1.